The van der Waals surface area contributed by atoms with Gasteiger partial charge in [-0.25, -0.2) is 0 Å². The van der Waals surface area contributed by atoms with Crippen LogP contribution in [0.15, 0.2) is 0 Å². The molecule has 32 heavy (non-hydrogen) atoms. The van der Waals surface area contributed by atoms with Gasteiger partial charge in [0.1, 0.15) is 0 Å². The maximum absolute atomic E-state index is 11.9. The van der Waals surface area contributed by atoms with Crippen molar-refractivity contribution >= 4 is 0 Å². The van der Waals surface area contributed by atoms with Crippen LogP contribution in [0.25, 0.3) is 0 Å². The molecule has 6 saturated carbocycles. The number of aliphatic hydroxyl groups is 4. The lowest BCUT2D eigenvalue weighted by molar-refractivity contribution is -0.237. The molecule has 0 aliphatic heterocycles. The van der Waals surface area contributed by atoms with Gasteiger partial charge in [-0.1, -0.05) is 41.5 Å². The average molecular weight is 451 g/mol. The number of hydrogen-bond donors (Lipinski definition) is 4. The molecule has 0 spiro atoms. The Morgan fingerprint density at radius 1 is 0.812 bits per heavy atom. The molecule has 0 heterocycles. The highest BCUT2D eigenvalue weighted by atomic mass is 16.3. The quantitative estimate of drug-likeness (QED) is 0.499. The van der Waals surface area contributed by atoms with E-state index in [0.717, 1.165) is 38.5 Å². The van der Waals surface area contributed by atoms with Gasteiger partial charge in [0.25, 0.3) is 0 Å². The molecule has 0 saturated heterocycles. The first-order chi connectivity index (χ1) is 15.2. The van der Waals surface area contributed by atoms with Gasteiger partial charge in [0.05, 0.1) is 17.3 Å². The molecular formula is C28H50O4. The zero-order valence-electron chi connectivity index (χ0n) is 21.5. The van der Waals surface area contributed by atoms with Crippen molar-refractivity contribution < 1.29 is 20.4 Å². The van der Waals surface area contributed by atoms with Gasteiger partial charge in [-0.15, -0.1) is 0 Å². The monoisotopic (exact) mass is 450 g/mol. The van der Waals surface area contributed by atoms with Crippen molar-refractivity contribution in [2.45, 2.75) is 117 Å². The fourth-order valence-corrected chi connectivity index (χ4v) is 10.1. The number of rotatable bonds is 3. The molecular weight excluding hydrogens is 400 g/mol. The van der Waals surface area contributed by atoms with Crippen LogP contribution in [0.4, 0.5) is 0 Å². The molecule has 0 aromatic carbocycles. The molecule has 0 radical (unpaired) electrons. The van der Waals surface area contributed by atoms with E-state index in [-0.39, 0.29) is 23.5 Å². The summed E-state index contributed by atoms with van der Waals surface area (Å²) < 4.78 is 0. The highest BCUT2D eigenvalue weighted by Gasteiger charge is 2.80. The van der Waals surface area contributed by atoms with E-state index in [0.29, 0.717) is 54.3 Å². The number of aliphatic hydroxyl groups excluding tert-OH is 2. The van der Waals surface area contributed by atoms with E-state index in [1.54, 1.807) is 0 Å². The van der Waals surface area contributed by atoms with E-state index in [2.05, 4.69) is 13.8 Å². The minimum absolute atomic E-state index is 0.0238. The Balaban J connectivity index is 0.000000582. The topological polar surface area (TPSA) is 80.9 Å². The summed E-state index contributed by atoms with van der Waals surface area (Å²) in [7, 11) is 0. The molecule has 186 valence electrons. The third kappa shape index (κ3) is 2.94. The Morgan fingerprint density at radius 3 is 2.09 bits per heavy atom. The van der Waals surface area contributed by atoms with Crippen LogP contribution in [0, 0.1) is 52.3 Å². The zero-order chi connectivity index (χ0) is 23.7. The van der Waals surface area contributed by atoms with Gasteiger partial charge < -0.3 is 20.4 Å². The summed E-state index contributed by atoms with van der Waals surface area (Å²) in [4.78, 5) is 0. The van der Waals surface area contributed by atoms with Crippen molar-refractivity contribution in [1.29, 1.82) is 0 Å². The van der Waals surface area contributed by atoms with Gasteiger partial charge in [-0.2, -0.15) is 0 Å². The van der Waals surface area contributed by atoms with E-state index in [1.807, 2.05) is 27.7 Å². The van der Waals surface area contributed by atoms with Crippen LogP contribution in [0.5, 0.6) is 0 Å². The Labute approximate surface area is 196 Å². The smallest absolute Gasteiger partial charge is 0.0759 e. The summed E-state index contributed by atoms with van der Waals surface area (Å²) >= 11 is 0. The van der Waals surface area contributed by atoms with Crippen LogP contribution in [-0.2, 0) is 0 Å². The molecule has 0 amide bonds. The Bertz CT molecular complexity index is 697. The first kappa shape index (κ1) is 24.9. The average Bonchev–Trinajstić information content (AvgIpc) is 3.70. The molecule has 0 aromatic heterocycles. The summed E-state index contributed by atoms with van der Waals surface area (Å²) in [6.45, 7) is 12.9. The molecule has 6 rings (SSSR count). The summed E-state index contributed by atoms with van der Waals surface area (Å²) in [5, 5.41) is 43.4. The molecule has 4 N–H and O–H groups in total. The normalized spacial score (nSPS) is 58.3. The van der Waals surface area contributed by atoms with Crippen molar-refractivity contribution in [2.75, 3.05) is 6.61 Å². The number of fused-ring (bicyclic) bond motifs is 10. The molecule has 6 aliphatic rings. The van der Waals surface area contributed by atoms with Crippen molar-refractivity contribution in [3.63, 3.8) is 0 Å². The standard InChI is InChI=1S/C24H38O4.2C2H6/c1-21-7-4-13(26)12-24(21,28)17-10-14(17)19-16(21)5-8-22(2)20(19)15-11-18(15)23(22,27)6-3-9-25;2*1-2/h13-20,25-28H,3-12H2,1-2H3;2*1-2H3/t13?,14?,15?,16?,17?,18?,19?,20?,21?,22?,23-,24?;;/m0../s1. The largest absolute Gasteiger partial charge is 0.396 e. The SMILES string of the molecule is CC.CC.CC12CCC(O)CC1(O)C1CC1C1C2CCC2(C)C1C1CC1[C@@]2(O)CCCO. The van der Waals surface area contributed by atoms with Crippen molar-refractivity contribution in [3.8, 4) is 0 Å². The van der Waals surface area contributed by atoms with Crippen molar-refractivity contribution in [2.24, 2.45) is 52.3 Å². The van der Waals surface area contributed by atoms with Gasteiger partial charge in [0, 0.05) is 13.0 Å². The highest BCUT2D eigenvalue weighted by Crippen LogP contribution is 2.82. The molecule has 6 fully saturated rings. The van der Waals surface area contributed by atoms with E-state index in [4.69, 9.17) is 0 Å². The lowest BCUT2D eigenvalue weighted by atomic mass is 9.42. The molecule has 6 aliphatic carbocycles. The summed E-state index contributed by atoms with van der Waals surface area (Å²) in [5.41, 5.74) is -1.38. The first-order valence-electron chi connectivity index (χ1n) is 13.9. The predicted molar refractivity (Wildman–Crippen MR) is 128 cm³/mol. The second kappa shape index (κ2) is 8.21. The minimum Gasteiger partial charge on any atom is -0.396 e. The van der Waals surface area contributed by atoms with E-state index in [9.17, 15) is 20.4 Å². The molecule has 12 atom stereocenters. The summed E-state index contributed by atoms with van der Waals surface area (Å²) in [6, 6.07) is 0. The van der Waals surface area contributed by atoms with Gasteiger partial charge in [0.2, 0.25) is 0 Å². The van der Waals surface area contributed by atoms with Crippen LogP contribution >= 0.6 is 0 Å². The van der Waals surface area contributed by atoms with Crippen LogP contribution < -0.4 is 0 Å². The fourth-order valence-electron chi connectivity index (χ4n) is 10.1. The summed E-state index contributed by atoms with van der Waals surface area (Å²) in [6.07, 6.45) is 7.91. The maximum Gasteiger partial charge on any atom is 0.0759 e. The predicted octanol–water partition coefficient (Wildman–Crippen LogP) is 4.77. The van der Waals surface area contributed by atoms with Crippen molar-refractivity contribution in [3.05, 3.63) is 0 Å². The van der Waals surface area contributed by atoms with Crippen LogP contribution in [0.1, 0.15) is 99.3 Å². The maximum atomic E-state index is 11.9. The molecule has 0 bridgehead atoms. The Morgan fingerprint density at radius 2 is 1.44 bits per heavy atom. The Kier molecular flexibility index (Phi) is 6.40. The zero-order valence-corrected chi connectivity index (χ0v) is 21.5. The fraction of sp³-hybridized carbons (Fsp3) is 1.00. The van der Waals surface area contributed by atoms with Gasteiger partial charge in [-0.3, -0.25) is 0 Å². The molecule has 4 nitrogen and oxygen atoms in total. The van der Waals surface area contributed by atoms with Gasteiger partial charge in [0.15, 0.2) is 0 Å². The van der Waals surface area contributed by atoms with Crippen molar-refractivity contribution in [1.82, 2.24) is 0 Å². The minimum atomic E-state index is -0.682. The third-order valence-corrected chi connectivity index (χ3v) is 11.5. The molecule has 11 unspecified atom stereocenters. The van der Waals surface area contributed by atoms with Gasteiger partial charge in [-0.05, 0) is 104 Å². The number of hydrogen-bond acceptors (Lipinski definition) is 4. The molecule has 4 heteroatoms. The second-order valence-electron chi connectivity index (χ2n) is 12.2. The van der Waals surface area contributed by atoms with E-state index >= 15 is 0 Å². The van der Waals surface area contributed by atoms with Gasteiger partial charge >= 0.3 is 0 Å². The van der Waals surface area contributed by atoms with E-state index in [1.165, 1.54) is 6.42 Å². The molecule has 0 aromatic rings. The highest BCUT2D eigenvalue weighted by molar-refractivity contribution is 5.29. The summed E-state index contributed by atoms with van der Waals surface area (Å²) in [5.74, 6) is 3.82. The third-order valence-electron chi connectivity index (χ3n) is 11.5. The van der Waals surface area contributed by atoms with Crippen LogP contribution in [0.2, 0.25) is 0 Å². The Hall–Kier alpha value is -0.160. The van der Waals surface area contributed by atoms with E-state index < -0.39 is 11.2 Å². The lowest BCUT2D eigenvalue weighted by Gasteiger charge is -2.64. The van der Waals surface area contributed by atoms with Crippen LogP contribution in [-0.4, -0.2) is 44.3 Å². The second-order valence-corrected chi connectivity index (χ2v) is 12.2. The van der Waals surface area contributed by atoms with Crippen LogP contribution in [0.3, 0.4) is 0 Å². The first-order valence-corrected chi connectivity index (χ1v) is 13.9. The lowest BCUT2D eigenvalue weighted by Crippen LogP contribution is -2.65.